The van der Waals surface area contributed by atoms with E-state index in [4.69, 9.17) is 32.7 Å². The number of benzene rings is 1. The van der Waals surface area contributed by atoms with Crippen LogP contribution in [0, 0.1) is 0 Å². The van der Waals surface area contributed by atoms with Crippen LogP contribution in [0.5, 0.6) is 0 Å². The van der Waals surface area contributed by atoms with Crippen LogP contribution >= 0.6 is 23.2 Å². The zero-order valence-corrected chi connectivity index (χ0v) is 19.2. The van der Waals surface area contributed by atoms with Gasteiger partial charge >= 0.3 is 6.09 Å². The lowest BCUT2D eigenvalue weighted by Gasteiger charge is -2.40. The van der Waals surface area contributed by atoms with Gasteiger partial charge in [-0.3, -0.25) is 5.10 Å². The number of carbonyl (C=O) groups is 1. The number of H-pyrrole nitrogens is 1. The molecular weight excluding hydrogens is 437 g/mol. The summed E-state index contributed by atoms with van der Waals surface area (Å²) in [6, 6.07) is 7.96. The Hall–Kier alpha value is -1.76. The minimum absolute atomic E-state index is 0.0195. The largest absolute Gasteiger partial charge is 0.453 e. The molecule has 2 atom stereocenters. The molecule has 0 spiro atoms. The first-order valence-corrected chi connectivity index (χ1v) is 11.7. The van der Waals surface area contributed by atoms with Crippen LogP contribution in [0.15, 0.2) is 30.5 Å². The maximum Gasteiger partial charge on any atom is 0.409 e. The van der Waals surface area contributed by atoms with E-state index in [2.05, 4.69) is 22.3 Å². The summed E-state index contributed by atoms with van der Waals surface area (Å²) in [5, 5.41) is 8.64. The van der Waals surface area contributed by atoms with E-state index in [1.54, 1.807) is 11.1 Å². The number of rotatable bonds is 5. The Kier molecular flexibility index (Phi) is 7.41. The molecule has 1 N–H and O–H groups in total. The molecule has 1 aromatic heterocycles. The van der Waals surface area contributed by atoms with Gasteiger partial charge in [0.15, 0.2) is 0 Å². The van der Waals surface area contributed by atoms with Crippen molar-refractivity contribution in [2.45, 2.75) is 62.5 Å². The molecule has 1 saturated heterocycles. The fourth-order valence-corrected chi connectivity index (χ4v) is 5.57. The Morgan fingerprint density at radius 1 is 1.16 bits per heavy atom. The SMILES string of the molecule is COC(=O)N1CCCC(c2n[nH]cc2Cl)C1COC1CCC(c2ccccc2Cl)CC1. The number of nitrogens with zero attached hydrogens (tertiary/aromatic N) is 2. The second kappa shape index (κ2) is 10.2. The summed E-state index contributed by atoms with van der Waals surface area (Å²) in [7, 11) is 1.42. The number of amides is 1. The van der Waals surface area contributed by atoms with E-state index in [9.17, 15) is 4.79 Å². The molecule has 168 valence electrons. The van der Waals surface area contributed by atoms with Crippen LogP contribution in [0.3, 0.4) is 0 Å². The monoisotopic (exact) mass is 465 g/mol. The molecule has 31 heavy (non-hydrogen) atoms. The predicted octanol–water partition coefficient (Wildman–Crippen LogP) is 5.77. The maximum absolute atomic E-state index is 12.4. The van der Waals surface area contributed by atoms with Gasteiger partial charge in [-0.1, -0.05) is 41.4 Å². The van der Waals surface area contributed by atoms with Crippen molar-refractivity contribution in [2.24, 2.45) is 0 Å². The number of carbonyl (C=O) groups excluding carboxylic acids is 1. The number of methoxy groups -OCH3 is 1. The van der Waals surface area contributed by atoms with Gasteiger partial charge in [-0.15, -0.1) is 0 Å². The highest BCUT2D eigenvalue weighted by molar-refractivity contribution is 6.31. The average molecular weight is 466 g/mol. The normalized spacial score (nSPS) is 26.6. The van der Waals surface area contributed by atoms with Gasteiger partial charge in [0.25, 0.3) is 0 Å². The van der Waals surface area contributed by atoms with Crippen molar-refractivity contribution >= 4 is 29.3 Å². The molecule has 1 saturated carbocycles. The lowest BCUT2D eigenvalue weighted by atomic mass is 9.82. The van der Waals surface area contributed by atoms with Crippen molar-refractivity contribution in [3.05, 3.63) is 51.8 Å². The summed E-state index contributed by atoms with van der Waals surface area (Å²) >= 11 is 12.7. The lowest BCUT2D eigenvalue weighted by molar-refractivity contribution is -0.0242. The zero-order valence-electron chi connectivity index (χ0n) is 17.7. The quantitative estimate of drug-likeness (QED) is 0.607. The topological polar surface area (TPSA) is 67.5 Å². The van der Waals surface area contributed by atoms with Crippen molar-refractivity contribution in [1.29, 1.82) is 0 Å². The van der Waals surface area contributed by atoms with Crippen LogP contribution in [0.4, 0.5) is 4.79 Å². The number of hydrogen-bond acceptors (Lipinski definition) is 4. The molecule has 2 unspecified atom stereocenters. The zero-order chi connectivity index (χ0) is 21.8. The Bertz CT molecular complexity index is 882. The number of halogens is 2. The molecule has 0 radical (unpaired) electrons. The van der Waals surface area contributed by atoms with Crippen LogP contribution in [0.2, 0.25) is 10.0 Å². The highest BCUT2D eigenvalue weighted by Crippen LogP contribution is 2.39. The van der Waals surface area contributed by atoms with E-state index in [1.165, 1.54) is 12.7 Å². The molecule has 2 aromatic rings. The molecule has 1 aliphatic carbocycles. The molecule has 0 bridgehead atoms. The molecule has 8 heteroatoms. The third-order valence-corrected chi connectivity index (χ3v) is 7.33. The first-order chi connectivity index (χ1) is 15.1. The van der Waals surface area contributed by atoms with E-state index in [0.717, 1.165) is 49.2 Å². The number of nitrogens with one attached hydrogen (secondary N) is 1. The number of hydrogen-bond donors (Lipinski definition) is 1. The number of aromatic amines is 1. The summed E-state index contributed by atoms with van der Waals surface area (Å²) in [4.78, 5) is 14.2. The second-order valence-electron chi connectivity index (χ2n) is 8.43. The van der Waals surface area contributed by atoms with Gasteiger partial charge in [0.2, 0.25) is 0 Å². The number of ether oxygens (including phenoxy) is 2. The van der Waals surface area contributed by atoms with E-state index in [-0.39, 0.29) is 24.2 Å². The van der Waals surface area contributed by atoms with Gasteiger partial charge in [-0.2, -0.15) is 5.10 Å². The summed E-state index contributed by atoms with van der Waals surface area (Å²) in [5.74, 6) is 0.497. The van der Waals surface area contributed by atoms with E-state index in [0.29, 0.717) is 24.1 Å². The van der Waals surface area contributed by atoms with Crippen molar-refractivity contribution < 1.29 is 14.3 Å². The Morgan fingerprint density at radius 3 is 2.61 bits per heavy atom. The summed E-state index contributed by atoms with van der Waals surface area (Å²) in [5.41, 5.74) is 2.03. The van der Waals surface area contributed by atoms with Gasteiger partial charge in [0.1, 0.15) is 0 Å². The highest BCUT2D eigenvalue weighted by Gasteiger charge is 2.38. The van der Waals surface area contributed by atoms with Crippen molar-refractivity contribution in [2.75, 3.05) is 20.3 Å². The van der Waals surface area contributed by atoms with Crippen molar-refractivity contribution in [3.8, 4) is 0 Å². The molecule has 2 heterocycles. The number of likely N-dealkylation sites (tertiary alicyclic amines) is 1. The third-order valence-electron chi connectivity index (χ3n) is 6.68. The minimum Gasteiger partial charge on any atom is -0.453 e. The molecule has 2 aliphatic rings. The average Bonchev–Trinajstić information content (AvgIpc) is 3.23. The molecule has 1 amide bonds. The Morgan fingerprint density at radius 2 is 1.94 bits per heavy atom. The lowest BCUT2D eigenvalue weighted by Crippen LogP contribution is -2.50. The Labute approximate surface area is 193 Å². The van der Waals surface area contributed by atoms with Crippen molar-refractivity contribution in [1.82, 2.24) is 15.1 Å². The van der Waals surface area contributed by atoms with Crippen molar-refractivity contribution in [3.63, 3.8) is 0 Å². The molecule has 1 aliphatic heterocycles. The van der Waals surface area contributed by atoms with Gasteiger partial charge in [-0.25, -0.2) is 4.79 Å². The smallest absolute Gasteiger partial charge is 0.409 e. The fourth-order valence-electron chi connectivity index (χ4n) is 5.05. The highest BCUT2D eigenvalue weighted by atomic mass is 35.5. The molecule has 4 rings (SSSR count). The van der Waals surface area contributed by atoms with Crippen LogP contribution in [0.1, 0.15) is 61.6 Å². The van der Waals surface area contributed by atoms with Gasteiger partial charge in [0, 0.05) is 23.7 Å². The number of aromatic nitrogens is 2. The van der Waals surface area contributed by atoms with Crippen LogP contribution in [0.25, 0.3) is 0 Å². The minimum atomic E-state index is -0.326. The molecule has 6 nitrogen and oxygen atoms in total. The standard InChI is InChI=1S/C23H29Cl2N3O3/c1-30-23(29)28-12-4-6-18(22-20(25)13-26-27-22)21(28)14-31-16-10-8-15(9-11-16)17-5-2-3-7-19(17)24/h2-3,5,7,13,15-16,18,21H,4,6,8-12,14H2,1H3,(H,26,27). The first kappa shape index (κ1) is 22.4. The van der Waals surface area contributed by atoms with E-state index < -0.39 is 0 Å². The van der Waals surface area contributed by atoms with E-state index >= 15 is 0 Å². The summed E-state index contributed by atoms with van der Waals surface area (Å²) in [6.45, 7) is 1.10. The molecule has 1 aromatic carbocycles. The summed E-state index contributed by atoms with van der Waals surface area (Å²) < 4.78 is 11.4. The Balaban J connectivity index is 1.40. The molecule has 2 fully saturated rings. The third kappa shape index (κ3) is 5.02. The number of piperidine rings is 1. The summed E-state index contributed by atoms with van der Waals surface area (Å²) in [6.07, 6.45) is 7.38. The second-order valence-corrected chi connectivity index (χ2v) is 9.24. The van der Waals surface area contributed by atoms with Gasteiger partial charge < -0.3 is 14.4 Å². The predicted molar refractivity (Wildman–Crippen MR) is 121 cm³/mol. The van der Waals surface area contributed by atoms with Crippen LogP contribution in [-0.4, -0.2) is 53.6 Å². The van der Waals surface area contributed by atoms with Gasteiger partial charge in [-0.05, 0) is 56.1 Å². The van der Waals surface area contributed by atoms with Gasteiger partial charge in [0.05, 0.1) is 36.6 Å². The van der Waals surface area contributed by atoms with Crippen LogP contribution in [-0.2, 0) is 9.47 Å². The first-order valence-electron chi connectivity index (χ1n) is 11.0. The van der Waals surface area contributed by atoms with Crippen LogP contribution < -0.4 is 0 Å². The van der Waals surface area contributed by atoms with E-state index in [1.807, 2.05) is 12.1 Å². The fraction of sp³-hybridized carbons (Fsp3) is 0.565. The molecular formula is C23H29Cl2N3O3. The maximum atomic E-state index is 12.4.